The van der Waals surface area contributed by atoms with Crippen LogP contribution < -0.4 is 15.5 Å². The maximum atomic E-state index is 13.4. The van der Waals surface area contributed by atoms with Gasteiger partial charge in [-0.3, -0.25) is 9.59 Å². The van der Waals surface area contributed by atoms with Crippen molar-refractivity contribution in [2.75, 3.05) is 32.8 Å². The van der Waals surface area contributed by atoms with Crippen LogP contribution in [0.3, 0.4) is 0 Å². The Labute approximate surface area is 254 Å². The second-order valence-electron chi connectivity index (χ2n) is 9.62. The molecule has 1 atom stereocenters. The van der Waals surface area contributed by atoms with Crippen LogP contribution >= 0.6 is 15.9 Å². The van der Waals surface area contributed by atoms with Crippen LogP contribution in [0.5, 0.6) is 5.75 Å². The van der Waals surface area contributed by atoms with Gasteiger partial charge in [0.05, 0.1) is 23.8 Å². The van der Waals surface area contributed by atoms with Crippen molar-refractivity contribution in [1.82, 2.24) is 15.0 Å². The lowest BCUT2D eigenvalue weighted by Crippen LogP contribution is -2.40. The first-order chi connectivity index (χ1) is 20.3. The Morgan fingerprint density at radius 3 is 2.45 bits per heavy atom. The van der Waals surface area contributed by atoms with E-state index in [2.05, 4.69) is 31.8 Å². The summed E-state index contributed by atoms with van der Waals surface area (Å²) in [5.74, 6) is -0.288. The number of ether oxygens (including phenoxy) is 2. The fraction of sp³-hybridized carbons (Fsp3) is 0.300. The molecular weight excluding hydrogens is 624 g/mol. The first-order valence-electron chi connectivity index (χ1n) is 13.5. The van der Waals surface area contributed by atoms with Gasteiger partial charge in [-0.25, -0.2) is 13.8 Å². The highest BCUT2D eigenvalue weighted by Gasteiger charge is 2.26. The third kappa shape index (κ3) is 9.76. The number of amides is 2. The molecule has 4 rings (SSSR count). The maximum absolute atomic E-state index is 13.4. The van der Waals surface area contributed by atoms with E-state index in [-0.39, 0.29) is 30.1 Å². The van der Waals surface area contributed by atoms with Gasteiger partial charge in [-0.05, 0) is 78.9 Å². The summed E-state index contributed by atoms with van der Waals surface area (Å²) < 4.78 is 39.6. The molecule has 0 aromatic heterocycles. The number of benzene rings is 3. The van der Waals surface area contributed by atoms with E-state index in [1.165, 1.54) is 18.3 Å². The summed E-state index contributed by atoms with van der Waals surface area (Å²) in [6.45, 7) is 0.820. The molecular formula is C30H33BrN4O6S. The summed E-state index contributed by atoms with van der Waals surface area (Å²) in [6.07, 6.45) is 3.91. The Hall–Kier alpha value is -3.58. The van der Waals surface area contributed by atoms with E-state index in [0.29, 0.717) is 24.3 Å². The molecule has 12 heteroatoms. The van der Waals surface area contributed by atoms with Crippen LogP contribution in [0.2, 0.25) is 0 Å². The Balaban J connectivity index is 1.29. The lowest BCUT2D eigenvalue weighted by Gasteiger charge is -2.21. The second kappa shape index (κ2) is 15.6. The molecule has 1 fully saturated rings. The van der Waals surface area contributed by atoms with E-state index in [1.807, 2.05) is 30.3 Å². The Kier molecular flexibility index (Phi) is 11.6. The van der Waals surface area contributed by atoms with Crippen LogP contribution in [0.1, 0.15) is 24.0 Å². The maximum Gasteiger partial charge on any atom is 0.258 e. The highest BCUT2D eigenvalue weighted by Crippen LogP contribution is 2.19. The summed E-state index contributed by atoms with van der Waals surface area (Å²) in [7, 11) is -3.93. The molecule has 0 saturated carbocycles. The summed E-state index contributed by atoms with van der Waals surface area (Å²) in [5, 5.41) is 6.78. The van der Waals surface area contributed by atoms with Crippen LogP contribution in [-0.2, 0) is 30.8 Å². The van der Waals surface area contributed by atoms with Crippen molar-refractivity contribution < 1.29 is 27.5 Å². The van der Waals surface area contributed by atoms with Crippen molar-refractivity contribution in [1.29, 1.82) is 0 Å². The molecule has 42 heavy (non-hydrogen) atoms. The molecule has 2 N–H and O–H groups in total. The lowest BCUT2D eigenvalue weighted by molar-refractivity contribution is -0.123. The zero-order chi connectivity index (χ0) is 29.8. The topological polar surface area (TPSA) is 126 Å². The van der Waals surface area contributed by atoms with Crippen molar-refractivity contribution in [3.63, 3.8) is 0 Å². The number of hydrogen-bond acceptors (Lipinski definition) is 7. The molecule has 0 unspecified atom stereocenters. The number of nitrogens with zero attached hydrogens (tertiary/aromatic N) is 2. The SMILES string of the molecule is O=C(COc1ccc(/C=N/NC(=O)CN(CCc2ccccc2)S(=O)(=O)c2ccc(Br)cc2)cc1)NC[C@@H]1CCCO1. The van der Waals surface area contributed by atoms with Gasteiger partial charge < -0.3 is 14.8 Å². The molecule has 2 amide bonds. The van der Waals surface area contributed by atoms with E-state index in [1.54, 1.807) is 36.4 Å². The summed E-state index contributed by atoms with van der Waals surface area (Å²) in [6, 6.07) is 22.6. The number of carbonyl (C=O) groups excluding carboxylic acids is 2. The minimum absolute atomic E-state index is 0.0706. The number of hydrazone groups is 1. The van der Waals surface area contributed by atoms with Crippen molar-refractivity contribution >= 4 is 44.0 Å². The predicted octanol–water partition coefficient (Wildman–Crippen LogP) is 3.51. The van der Waals surface area contributed by atoms with Gasteiger partial charge >= 0.3 is 0 Å². The number of carbonyl (C=O) groups is 2. The minimum Gasteiger partial charge on any atom is -0.484 e. The fourth-order valence-corrected chi connectivity index (χ4v) is 5.86. The molecule has 0 aliphatic carbocycles. The lowest BCUT2D eigenvalue weighted by atomic mass is 10.1. The Morgan fingerprint density at radius 2 is 1.76 bits per heavy atom. The first kappa shape index (κ1) is 31.4. The minimum atomic E-state index is -3.93. The summed E-state index contributed by atoms with van der Waals surface area (Å²) in [5.41, 5.74) is 4.04. The van der Waals surface area contributed by atoms with Crippen molar-refractivity contribution in [3.05, 3.63) is 94.5 Å². The highest BCUT2D eigenvalue weighted by molar-refractivity contribution is 9.10. The van der Waals surface area contributed by atoms with Crippen molar-refractivity contribution in [3.8, 4) is 5.75 Å². The number of halogens is 1. The number of rotatable bonds is 14. The van der Waals surface area contributed by atoms with Gasteiger partial charge in [0.15, 0.2) is 6.61 Å². The molecule has 1 aliphatic heterocycles. The zero-order valence-electron chi connectivity index (χ0n) is 22.9. The molecule has 10 nitrogen and oxygen atoms in total. The standard InChI is InChI=1S/C30H33BrN4O6S/c31-25-10-14-28(15-11-25)42(38,39)35(17-16-23-5-2-1-3-6-23)21-29(36)34-33-19-24-8-12-26(13-9-24)41-22-30(37)32-20-27-7-4-18-40-27/h1-3,5-6,8-15,19,27H,4,7,16-18,20-22H2,(H,32,37)(H,34,36)/b33-19+/t27-/m0/s1. The van der Waals surface area contributed by atoms with E-state index in [0.717, 1.165) is 33.8 Å². The normalized spacial score (nSPS) is 15.1. The van der Waals surface area contributed by atoms with E-state index in [4.69, 9.17) is 9.47 Å². The van der Waals surface area contributed by atoms with E-state index < -0.39 is 22.5 Å². The number of hydrogen-bond donors (Lipinski definition) is 2. The molecule has 0 spiro atoms. The number of nitrogens with one attached hydrogen (secondary N) is 2. The fourth-order valence-electron chi connectivity index (χ4n) is 4.20. The molecule has 222 valence electrons. The summed E-state index contributed by atoms with van der Waals surface area (Å²) in [4.78, 5) is 24.8. The molecule has 1 saturated heterocycles. The zero-order valence-corrected chi connectivity index (χ0v) is 25.3. The van der Waals surface area contributed by atoms with E-state index in [9.17, 15) is 18.0 Å². The van der Waals surface area contributed by atoms with Crippen molar-refractivity contribution in [2.24, 2.45) is 5.10 Å². The monoisotopic (exact) mass is 656 g/mol. The van der Waals surface area contributed by atoms with Gasteiger partial charge in [0.1, 0.15) is 5.75 Å². The Bertz CT molecular complexity index is 1450. The van der Waals surface area contributed by atoms with Gasteiger partial charge in [0.25, 0.3) is 11.8 Å². The van der Waals surface area contributed by atoms with Crippen LogP contribution in [0.25, 0.3) is 0 Å². The van der Waals surface area contributed by atoms with E-state index >= 15 is 0 Å². The smallest absolute Gasteiger partial charge is 0.258 e. The Morgan fingerprint density at radius 1 is 1.02 bits per heavy atom. The predicted molar refractivity (Wildman–Crippen MR) is 163 cm³/mol. The van der Waals surface area contributed by atoms with Gasteiger partial charge in [-0.2, -0.15) is 9.41 Å². The molecule has 0 radical (unpaired) electrons. The molecule has 3 aromatic carbocycles. The average Bonchev–Trinajstić information content (AvgIpc) is 3.52. The molecule has 0 bridgehead atoms. The first-order valence-corrected chi connectivity index (χ1v) is 15.8. The quantitative estimate of drug-likeness (QED) is 0.202. The summed E-state index contributed by atoms with van der Waals surface area (Å²) >= 11 is 3.32. The van der Waals surface area contributed by atoms with Gasteiger partial charge in [-0.1, -0.05) is 46.3 Å². The molecule has 3 aromatic rings. The van der Waals surface area contributed by atoms with Crippen LogP contribution in [0, 0.1) is 0 Å². The van der Waals surface area contributed by atoms with Gasteiger partial charge in [-0.15, -0.1) is 0 Å². The molecule has 1 aliphatic rings. The van der Waals surface area contributed by atoms with Crippen molar-refractivity contribution in [2.45, 2.75) is 30.3 Å². The van der Waals surface area contributed by atoms with Crippen LogP contribution in [-0.4, -0.2) is 69.7 Å². The van der Waals surface area contributed by atoms with Gasteiger partial charge in [0.2, 0.25) is 10.0 Å². The average molecular weight is 658 g/mol. The third-order valence-electron chi connectivity index (χ3n) is 6.47. The van der Waals surface area contributed by atoms with Gasteiger partial charge in [0, 0.05) is 24.2 Å². The third-order valence-corrected chi connectivity index (χ3v) is 8.86. The largest absolute Gasteiger partial charge is 0.484 e. The number of sulfonamides is 1. The molecule has 1 heterocycles. The van der Waals surface area contributed by atoms with Crippen LogP contribution in [0.15, 0.2) is 93.3 Å². The highest BCUT2D eigenvalue weighted by atomic mass is 79.9. The van der Waals surface area contributed by atoms with Crippen LogP contribution in [0.4, 0.5) is 0 Å². The second-order valence-corrected chi connectivity index (χ2v) is 12.5.